The van der Waals surface area contributed by atoms with Gasteiger partial charge in [0.1, 0.15) is 5.75 Å². The summed E-state index contributed by atoms with van der Waals surface area (Å²) >= 11 is 1.41. The predicted octanol–water partition coefficient (Wildman–Crippen LogP) is 4.81. The molecule has 10 nitrogen and oxygen atoms in total. The molecule has 0 saturated carbocycles. The number of ether oxygens (including phenoxy) is 1. The number of anilines is 2. The van der Waals surface area contributed by atoms with E-state index in [1.807, 2.05) is 45.7 Å². The van der Waals surface area contributed by atoms with Crippen molar-refractivity contribution in [1.82, 2.24) is 24.1 Å². The molecule has 6 rings (SSSR count). The molecule has 0 unspecified atom stereocenters. The molecule has 0 saturated heterocycles. The predicted molar refractivity (Wildman–Crippen MR) is 145 cm³/mol. The highest BCUT2D eigenvalue weighted by molar-refractivity contribution is 7.17. The number of hydrogen-bond donors (Lipinski definition) is 2. The third kappa shape index (κ3) is 4.52. The number of carbonyl (C=O) groups is 2. The minimum Gasteiger partial charge on any atom is -0.476 e. The molecule has 0 radical (unpaired) electrons. The Morgan fingerprint density at radius 2 is 1.95 bits per heavy atom. The molecule has 0 bridgehead atoms. The maximum atomic E-state index is 13.3. The molecule has 2 amide bonds. The average molecular weight is 528 g/mol. The van der Waals surface area contributed by atoms with E-state index in [4.69, 9.17) is 9.72 Å². The number of nitrogens with one attached hydrogen (secondary N) is 2. The first kappa shape index (κ1) is 23.9. The minimum atomic E-state index is -0.990. The summed E-state index contributed by atoms with van der Waals surface area (Å²) in [4.78, 5) is 40.1. The largest absolute Gasteiger partial charge is 0.476 e. The monoisotopic (exact) mass is 527 g/mol. The van der Waals surface area contributed by atoms with E-state index < -0.39 is 5.60 Å². The lowest BCUT2D eigenvalue weighted by atomic mass is 10.1. The normalized spacial score (nSPS) is 14.1. The van der Waals surface area contributed by atoms with Crippen molar-refractivity contribution in [2.45, 2.75) is 39.0 Å². The van der Waals surface area contributed by atoms with Crippen molar-refractivity contribution in [2.24, 2.45) is 0 Å². The molecular formula is C27H25N7O3S. The van der Waals surface area contributed by atoms with Gasteiger partial charge in [0.05, 0.1) is 27.9 Å². The maximum Gasteiger partial charge on any atom is 0.268 e. The van der Waals surface area contributed by atoms with Crippen molar-refractivity contribution in [3.8, 4) is 16.2 Å². The van der Waals surface area contributed by atoms with Crippen molar-refractivity contribution < 1.29 is 14.3 Å². The SMILES string of the molecule is CC1(C)Oc2cc3c(cc2NC1=O)nc(NC(=O)c1ccc(-c2ccncc2)s1)n3CCCn1ccnc1. The van der Waals surface area contributed by atoms with Gasteiger partial charge in [-0.15, -0.1) is 11.3 Å². The van der Waals surface area contributed by atoms with Crippen molar-refractivity contribution in [2.75, 3.05) is 10.6 Å². The molecule has 4 aromatic heterocycles. The number of fused-ring (bicyclic) bond motifs is 2. The van der Waals surface area contributed by atoms with Crippen LogP contribution in [0.3, 0.4) is 0 Å². The highest BCUT2D eigenvalue weighted by Gasteiger charge is 2.36. The quantitative estimate of drug-likeness (QED) is 0.314. The van der Waals surface area contributed by atoms with E-state index in [1.165, 1.54) is 11.3 Å². The first-order chi connectivity index (χ1) is 18.4. The number of aryl methyl sites for hydroxylation is 2. The van der Waals surface area contributed by atoms with E-state index in [0.29, 0.717) is 34.3 Å². The molecule has 1 aliphatic heterocycles. The summed E-state index contributed by atoms with van der Waals surface area (Å²) in [5, 5.41) is 5.91. The van der Waals surface area contributed by atoms with Gasteiger partial charge in [-0.25, -0.2) is 9.97 Å². The van der Waals surface area contributed by atoms with Gasteiger partial charge in [0.15, 0.2) is 5.60 Å². The lowest BCUT2D eigenvalue weighted by Crippen LogP contribution is -2.45. The van der Waals surface area contributed by atoms with Crippen LogP contribution in [0.25, 0.3) is 21.5 Å². The molecule has 5 heterocycles. The molecule has 2 N–H and O–H groups in total. The number of imidazole rings is 2. The standard InChI is InChI=1S/C27H25N7O3S/c1-27(2)25(36)30-19-14-18-20(15-21(19)37-27)34(12-3-11-33-13-10-29-16-33)26(31-18)32-24(35)23-5-4-22(38-23)17-6-8-28-9-7-17/h4-10,13-16H,3,11-12H2,1-2H3,(H,30,36)(H,31,32,35). The van der Waals surface area contributed by atoms with E-state index >= 15 is 0 Å². The van der Waals surface area contributed by atoms with Crippen LogP contribution >= 0.6 is 11.3 Å². The number of nitrogens with zero attached hydrogens (tertiary/aromatic N) is 5. The van der Waals surface area contributed by atoms with Crippen LogP contribution in [0.4, 0.5) is 11.6 Å². The molecule has 0 aliphatic carbocycles. The smallest absolute Gasteiger partial charge is 0.268 e. The molecule has 1 aromatic carbocycles. The summed E-state index contributed by atoms with van der Waals surface area (Å²) in [5.41, 5.74) is 2.03. The van der Waals surface area contributed by atoms with Crippen LogP contribution in [0, 0.1) is 0 Å². The minimum absolute atomic E-state index is 0.222. The number of benzene rings is 1. The van der Waals surface area contributed by atoms with Gasteiger partial charge < -0.3 is 19.2 Å². The van der Waals surface area contributed by atoms with Crippen LogP contribution in [0.2, 0.25) is 0 Å². The fourth-order valence-electron chi connectivity index (χ4n) is 4.37. The number of rotatable bonds is 7. The molecule has 0 spiro atoms. The number of amides is 2. The molecule has 0 atom stereocenters. The zero-order chi connectivity index (χ0) is 26.3. The highest BCUT2D eigenvalue weighted by Crippen LogP contribution is 2.38. The first-order valence-corrected chi connectivity index (χ1v) is 13.0. The summed E-state index contributed by atoms with van der Waals surface area (Å²) in [7, 11) is 0. The van der Waals surface area contributed by atoms with Gasteiger partial charge in [-0.3, -0.25) is 19.9 Å². The zero-order valence-corrected chi connectivity index (χ0v) is 21.7. The maximum absolute atomic E-state index is 13.3. The van der Waals surface area contributed by atoms with Gasteiger partial charge in [-0.05, 0) is 56.2 Å². The number of aromatic nitrogens is 5. The van der Waals surface area contributed by atoms with Gasteiger partial charge in [0.25, 0.3) is 11.8 Å². The Balaban J connectivity index is 1.32. The van der Waals surface area contributed by atoms with Gasteiger partial charge in [-0.1, -0.05) is 0 Å². The van der Waals surface area contributed by atoms with Gasteiger partial charge in [0.2, 0.25) is 5.95 Å². The summed E-state index contributed by atoms with van der Waals surface area (Å²) < 4.78 is 9.99. The third-order valence-corrected chi connectivity index (χ3v) is 7.52. The Kier molecular flexibility index (Phi) is 5.91. The van der Waals surface area contributed by atoms with Crippen LogP contribution in [0.15, 0.2) is 67.5 Å². The van der Waals surface area contributed by atoms with Crippen LogP contribution in [0.5, 0.6) is 5.75 Å². The van der Waals surface area contributed by atoms with Crippen LogP contribution in [-0.2, 0) is 17.9 Å². The second-order valence-electron chi connectivity index (χ2n) is 9.50. The lowest BCUT2D eigenvalue weighted by molar-refractivity contribution is -0.129. The van der Waals surface area contributed by atoms with E-state index in [-0.39, 0.29) is 11.8 Å². The van der Waals surface area contributed by atoms with E-state index in [0.717, 1.165) is 28.9 Å². The summed E-state index contributed by atoms with van der Waals surface area (Å²) in [6, 6.07) is 11.2. The van der Waals surface area contributed by atoms with Gasteiger partial charge in [-0.2, -0.15) is 0 Å². The average Bonchev–Trinajstić information content (AvgIpc) is 3.65. The topological polar surface area (TPSA) is 116 Å². The van der Waals surface area contributed by atoms with Crippen LogP contribution < -0.4 is 15.4 Å². The Morgan fingerprint density at radius 3 is 2.74 bits per heavy atom. The van der Waals surface area contributed by atoms with Crippen molar-refractivity contribution in [1.29, 1.82) is 0 Å². The molecule has 5 aromatic rings. The lowest BCUT2D eigenvalue weighted by Gasteiger charge is -2.31. The molecule has 1 aliphatic rings. The van der Waals surface area contributed by atoms with Crippen molar-refractivity contribution in [3.05, 3.63) is 72.4 Å². The molecule has 38 heavy (non-hydrogen) atoms. The van der Waals surface area contributed by atoms with Crippen LogP contribution in [0.1, 0.15) is 29.9 Å². The van der Waals surface area contributed by atoms with Gasteiger partial charge >= 0.3 is 0 Å². The van der Waals surface area contributed by atoms with E-state index in [9.17, 15) is 9.59 Å². The Bertz CT molecular complexity index is 1640. The number of hydrogen-bond acceptors (Lipinski definition) is 7. The molecule has 11 heteroatoms. The zero-order valence-electron chi connectivity index (χ0n) is 20.8. The summed E-state index contributed by atoms with van der Waals surface area (Å²) in [6.07, 6.45) is 9.69. The van der Waals surface area contributed by atoms with Crippen LogP contribution in [-0.4, -0.2) is 41.5 Å². The van der Waals surface area contributed by atoms with Crippen molar-refractivity contribution >= 4 is 45.8 Å². The Hall–Kier alpha value is -4.51. The number of thiophene rings is 1. The summed E-state index contributed by atoms with van der Waals surface area (Å²) in [5.74, 6) is 0.538. The molecule has 192 valence electrons. The fraction of sp³-hybridized carbons (Fsp3) is 0.222. The fourth-order valence-corrected chi connectivity index (χ4v) is 5.28. The van der Waals surface area contributed by atoms with E-state index in [2.05, 4.69) is 20.6 Å². The van der Waals surface area contributed by atoms with E-state index in [1.54, 1.807) is 44.8 Å². The number of pyridine rings is 1. The first-order valence-electron chi connectivity index (χ1n) is 12.2. The number of carbonyl (C=O) groups excluding carboxylic acids is 2. The molecular weight excluding hydrogens is 502 g/mol. The third-order valence-electron chi connectivity index (χ3n) is 6.39. The Labute approximate surface area is 222 Å². The second kappa shape index (κ2) is 9.42. The molecule has 0 fully saturated rings. The highest BCUT2D eigenvalue weighted by atomic mass is 32.1. The summed E-state index contributed by atoms with van der Waals surface area (Å²) in [6.45, 7) is 4.82. The second-order valence-corrected chi connectivity index (χ2v) is 10.6. The van der Waals surface area contributed by atoms with Crippen molar-refractivity contribution in [3.63, 3.8) is 0 Å². The Morgan fingerprint density at radius 1 is 1.11 bits per heavy atom. The van der Waals surface area contributed by atoms with Gasteiger partial charge in [0, 0.05) is 48.8 Å².